The topological polar surface area (TPSA) is 77.6 Å². The van der Waals surface area contributed by atoms with Crippen molar-refractivity contribution in [2.75, 3.05) is 5.32 Å². The molecule has 0 atom stereocenters. The van der Waals surface area contributed by atoms with Crippen molar-refractivity contribution in [2.24, 2.45) is 7.05 Å². The summed E-state index contributed by atoms with van der Waals surface area (Å²) in [7, 11) is 1.79. The Balaban J connectivity index is 1.71. The summed E-state index contributed by atoms with van der Waals surface area (Å²) in [5.41, 5.74) is 2.83. The van der Waals surface area contributed by atoms with E-state index in [0.29, 0.717) is 17.8 Å². The van der Waals surface area contributed by atoms with Gasteiger partial charge < -0.3 is 0 Å². The molecule has 0 saturated carbocycles. The SMILES string of the molecule is Cc1nn(C)c(C)c1C(=O)Nc1ncn(Cc2ccc(F)cc2)n1. The predicted octanol–water partition coefficient (Wildman–Crippen LogP) is 2.07. The van der Waals surface area contributed by atoms with E-state index in [1.54, 1.807) is 35.5 Å². The molecule has 124 valence electrons. The Hall–Kier alpha value is -3.03. The fraction of sp³-hybridized carbons (Fsp3) is 0.250. The van der Waals surface area contributed by atoms with Crippen LogP contribution in [-0.4, -0.2) is 30.5 Å². The number of benzene rings is 1. The van der Waals surface area contributed by atoms with Crippen LogP contribution in [-0.2, 0) is 13.6 Å². The van der Waals surface area contributed by atoms with Gasteiger partial charge in [0, 0.05) is 12.7 Å². The Labute approximate surface area is 138 Å². The van der Waals surface area contributed by atoms with E-state index in [2.05, 4.69) is 20.5 Å². The highest BCUT2D eigenvalue weighted by atomic mass is 19.1. The third-order valence-corrected chi connectivity index (χ3v) is 3.76. The molecule has 3 aromatic rings. The molecule has 1 amide bonds. The minimum atomic E-state index is -0.294. The van der Waals surface area contributed by atoms with E-state index < -0.39 is 0 Å². The van der Waals surface area contributed by atoms with Crippen LogP contribution >= 0.6 is 0 Å². The van der Waals surface area contributed by atoms with E-state index in [9.17, 15) is 9.18 Å². The summed E-state index contributed by atoms with van der Waals surface area (Å²) in [4.78, 5) is 16.5. The molecule has 0 fully saturated rings. The molecule has 8 heteroatoms. The summed E-state index contributed by atoms with van der Waals surface area (Å²) < 4.78 is 16.1. The molecule has 0 aliphatic rings. The largest absolute Gasteiger partial charge is 0.289 e. The first-order valence-electron chi connectivity index (χ1n) is 7.39. The zero-order valence-electron chi connectivity index (χ0n) is 13.6. The number of anilines is 1. The van der Waals surface area contributed by atoms with Crippen molar-refractivity contribution in [3.63, 3.8) is 0 Å². The Morgan fingerprint density at radius 1 is 1.21 bits per heavy atom. The number of carbonyl (C=O) groups excluding carboxylic acids is 1. The zero-order chi connectivity index (χ0) is 17.3. The Morgan fingerprint density at radius 3 is 2.54 bits per heavy atom. The summed E-state index contributed by atoms with van der Waals surface area (Å²) in [6, 6.07) is 6.14. The first-order chi connectivity index (χ1) is 11.4. The van der Waals surface area contributed by atoms with Crippen LogP contribution in [0, 0.1) is 19.7 Å². The van der Waals surface area contributed by atoms with E-state index in [-0.39, 0.29) is 17.7 Å². The maximum Gasteiger partial charge on any atom is 0.261 e. The number of halogens is 1. The van der Waals surface area contributed by atoms with Crippen LogP contribution in [0.2, 0.25) is 0 Å². The number of rotatable bonds is 4. The van der Waals surface area contributed by atoms with Gasteiger partial charge in [0.05, 0.1) is 17.8 Å². The number of amides is 1. The standard InChI is InChI=1S/C16H17FN6O/c1-10-14(11(2)22(3)20-10)15(24)19-16-18-9-23(21-16)8-12-4-6-13(17)7-5-12/h4-7,9H,8H2,1-3H3,(H,19,21,24). The molecule has 0 radical (unpaired) electrons. The molecule has 24 heavy (non-hydrogen) atoms. The van der Waals surface area contributed by atoms with Crippen LogP contribution in [0.15, 0.2) is 30.6 Å². The molecule has 2 heterocycles. The van der Waals surface area contributed by atoms with Gasteiger partial charge >= 0.3 is 0 Å². The van der Waals surface area contributed by atoms with Gasteiger partial charge in [-0.3, -0.25) is 14.8 Å². The smallest absolute Gasteiger partial charge is 0.261 e. The quantitative estimate of drug-likeness (QED) is 0.795. The lowest BCUT2D eigenvalue weighted by molar-refractivity contribution is 0.102. The van der Waals surface area contributed by atoms with Crippen molar-refractivity contribution in [3.05, 3.63) is 58.9 Å². The molecular formula is C16H17FN6O. The third-order valence-electron chi connectivity index (χ3n) is 3.76. The van der Waals surface area contributed by atoms with Gasteiger partial charge in [-0.15, -0.1) is 5.10 Å². The first kappa shape index (κ1) is 15.9. The average Bonchev–Trinajstić information content (AvgIpc) is 3.06. The molecule has 3 rings (SSSR count). The molecule has 1 aromatic carbocycles. The van der Waals surface area contributed by atoms with Gasteiger partial charge in [-0.1, -0.05) is 12.1 Å². The highest BCUT2D eigenvalue weighted by Gasteiger charge is 2.18. The fourth-order valence-corrected chi connectivity index (χ4v) is 2.47. The minimum absolute atomic E-state index is 0.213. The Morgan fingerprint density at radius 2 is 1.92 bits per heavy atom. The van der Waals surface area contributed by atoms with Crippen molar-refractivity contribution < 1.29 is 9.18 Å². The van der Waals surface area contributed by atoms with Crippen molar-refractivity contribution in [1.82, 2.24) is 24.5 Å². The average molecular weight is 328 g/mol. The lowest BCUT2D eigenvalue weighted by Gasteiger charge is -2.02. The van der Waals surface area contributed by atoms with E-state index in [0.717, 1.165) is 11.3 Å². The molecule has 1 N–H and O–H groups in total. The van der Waals surface area contributed by atoms with Crippen LogP contribution in [0.1, 0.15) is 27.3 Å². The lowest BCUT2D eigenvalue weighted by atomic mass is 10.2. The monoisotopic (exact) mass is 328 g/mol. The number of hydrogen-bond donors (Lipinski definition) is 1. The van der Waals surface area contributed by atoms with Gasteiger partial charge in [-0.25, -0.2) is 14.1 Å². The molecule has 0 spiro atoms. The molecule has 0 saturated heterocycles. The van der Waals surface area contributed by atoms with Crippen molar-refractivity contribution in [2.45, 2.75) is 20.4 Å². The fourth-order valence-electron chi connectivity index (χ4n) is 2.47. The number of carbonyl (C=O) groups is 1. The number of nitrogens with one attached hydrogen (secondary N) is 1. The van der Waals surface area contributed by atoms with Gasteiger partial charge in [0.25, 0.3) is 5.91 Å². The predicted molar refractivity (Wildman–Crippen MR) is 86.2 cm³/mol. The second-order valence-corrected chi connectivity index (χ2v) is 5.52. The number of aryl methyl sites for hydroxylation is 2. The van der Waals surface area contributed by atoms with Crippen LogP contribution in [0.3, 0.4) is 0 Å². The number of nitrogens with zero attached hydrogens (tertiary/aromatic N) is 5. The summed E-state index contributed by atoms with van der Waals surface area (Å²) >= 11 is 0. The molecule has 0 unspecified atom stereocenters. The van der Waals surface area contributed by atoms with Crippen LogP contribution < -0.4 is 5.32 Å². The highest BCUT2D eigenvalue weighted by Crippen LogP contribution is 2.13. The van der Waals surface area contributed by atoms with Crippen LogP contribution in [0.5, 0.6) is 0 Å². The van der Waals surface area contributed by atoms with Crippen molar-refractivity contribution >= 4 is 11.9 Å². The van der Waals surface area contributed by atoms with Crippen molar-refractivity contribution in [3.8, 4) is 0 Å². The summed E-state index contributed by atoms with van der Waals surface area (Å²) in [6.07, 6.45) is 1.52. The molecule has 0 aliphatic heterocycles. The summed E-state index contributed by atoms with van der Waals surface area (Å²) in [5, 5.41) is 11.1. The van der Waals surface area contributed by atoms with Crippen LogP contribution in [0.25, 0.3) is 0 Å². The van der Waals surface area contributed by atoms with E-state index >= 15 is 0 Å². The van der Waals surface area contributed by atoms with Gasteiger partial charge in [-0.2, -0.15) is 5.10 Å². The molecule has 0 aliphatic carbocycles. The van der Waals surface area contributed by atoms with E-state index in [1.165, 1.54) is 18.5 Å². The van der Waals surface area contributed by atoms with Crippen molar-refractivity contribution in [1.29, 1.82) is 0 Å². The van der Waals surface area contributed by atoms with E-state index in [4.69, 9.17) is 0 Å². The minimum Gasteiger partial charge on any atom is -0.289 e. The normalized spacial score (nSPS) is 10.8. The number of hydrogen-bond acceptors (Lipinski definition) is 4. The second kappa shape index (κ2) is 6.23. The van der Waals surface area contributed by atoms with Gasteiger partial charge in [0.2, 0.25) is 5.95 Å². The van der Waals surface area contributed by atoms with Gasteiger partial charge in [0.1, 0.15) is 12.1 Å². The summed E-state index contributed by atoms with van der Waals surface area (Å²) in [5.74, 6) is -0.366. The molecule has 2 aromatic heterocycles. The lowest BCUT2D eigenvalue weighted by Crippen LogP contribution is -2.15. The second-order valence-electron chi connectivity index (χ2n) is 5.52. The van der Waals surface area contributed by atoms with Gasteiger partial charge in [0.15, 0.2) is 0 Å². The first-order valence-corrected chi connectivity index (χ1v) is 7.39. The van der Waals surface area contributed by atoms with Gasteiger partial charge in [-0.05, 0) is 31.5 Å². The maximum absolute atomic E-state index is 12.9. The number of aromatic nitrogens is 5. The molecule has 0 bridgehead atoms. The maximum atomic E-state index is 12.9. The third kappa shape index (κ3) is 3.17. The summed E-state index contributed by atoms with van der Waals surface area (Å²) in [6.45, 7) is 4.05. The van der Waals surface area contributed by atoms with Crippen LogP contribution in [0.4, 0.5) is 10.3 Å². The highest BCUT2D eigenvalue weighted by molar-refractivity contribution is 6.04. The molecule has 7 nitrogen and oxygen atoms in total. The Kier molecular flexibility index (Phi) is 4.11. The zero-order valence-corrected chi connectivity index (χ0v) is 13.6. The van der Waals surface area contributed by atoms with E-state index in [1.807, 2.05) is 6.92 Å². The molecular weight excluding hydrogens is 311 g/mol. The Bertz CT molecular complexity index is 881.